The first kappa shape index (κ1) is 22.8. The Balaban J connectivity index is 1.39. The number of anilines is 1. The highest BCUT2D eigenvalue weighted by Gasteiger charge is 2.21. The van der Waals surface area contributed by atoms with E-state index < -0.39 is 4.92 Å². The number of benzene rings is 2. The van der Waals surface area contributed by atoms with E-state index in [0.29, 0.717) is 11.6 Å². The lowest BCUT2D eigenvalue weighted by atomic mass is 10.2. The molecular weight excluding hydrogens is 424 g/mol. The van der Waals surface area contributed by atoms with Crippen LogP contribution in [0.3, 0.4) is 0 Å². The van der Waals surface area contributed by atoms with Crippen molar-refractivity contribution >= 4 is 28.9 Å². The van der Waals surface area contributed by atoms with Crippen LogP contribution in [0.1, 0.15) is 0 Å². The van der Waals surface area contributed by atoms with Gasteiger partial charge in [-0.25, -0.2) is 0 Å². The van der Waals surface area contributed by atoms with Gasteiger partial charge in [-0.2, -0.15) is 0 Å². The second kappa shape index (κ2) is 10.9. The minimum atomic E-state index is -0.543. The monoisotopic (exact) mass is 448 g/mol. The number of methoxy groups -OCH3 is 1. The van der Waals surface area contributed by atoms with Gasteiger partial charge in [0, 0.05) is 43.8 Å². The summed E-state index contributed by atoms with van der Waals surface area (Å²) in [5, 5.41) is 14.1. The summed E-state index contributed by atoms with van der Waals surface area (Å²) in [6.45, 7) is 4.63. The van der Waals surface area contributed by atoms with Gasteiger partial charge < -0.3 is 14.8 Å². The van der Waals surface area contributed by atoms with Crippen molar-refractivity contribution in [3.8, 4) is 11.5 Å². The van der Waals surface area contributed by atoms with Gasteiger partial charge in [0.15, 0.2) is 0 Å². The molecule has 166 valence electrons. The lowest BCUT2D eigenvalue weighted by Crippen LogP contribution is -2.49. The predicted molar refractivity (Wildman–Crippen MR) is 118 cm³/mol. The Morgan fingerprint density at radius 3 is 2.39 bits per heavy atom. The molecule has 2 aromatic rings. The second-order valence-corrected chi connectivity index (χ2v) is 7.54. The molecular formula is C21H25ClN4O5. The predicted octanol–water partition coefficient (Wildman–Crippen LogP) is 2.89. The molecule has 1 saturated heterocycles. The van der Waals surface area contributed by atoms with Crippen LogP contribution in [-0.2, 0) is 4.79 Å². The highest BCUT2D eigenvalue weighted by atomic mass is 35.5. The summed E-state index contributed by atoms with van der Waals surface area (Å²) in [5.41, 5.74) is -0.0729. The highest BCUT2D eigenvalue weighted by Crippen LogP contribution is 2.27. The second-order valence-electron chi connectivity index (χ2n) is 7.11. The number of ether oxygens (including phenoxy) is 2. The fourth-order valence-electron chi connectivity index (χ4n) is 3.30. The molecule has 31 heavy (non-hydrogen) atoms. The maximum absolute atomic E-state index is 12.4. The molecule has 1 aliphatic heterocycles. The third kappa shape index (κ3) is 6.81. The molecule has 0 unspecified atom stereocenters. The number of piperazine rings is 1. The molecule has 1 fully saturated rings. The number of nitrogens with one attached hydrogen (secondary N) is 1. The maximum atomic E-state index is 12.4. The molecule has 1 amide bonds. The zero-order valence-electron chi connectivity index (χ0n) is 17.3. The van der Waals surface area contributed by atoms with Gasteiger partial charge in [-0.15, -0.1) is 0 Å². The number of hydrogen-bond donors (Lipinski definition) is 1. The van der Waals surface area contributed by atoms with Gasteiger partial charge in [-0.3, -0.25) is 24.7 Å². The number of carbonyl (C=O) groups excluding carboxylic acids is 1. The first-order valence-corrected chi connectivity index (χ1v) is 10.3. The van der Waals surface area contributed by atoms with Crippen LogP contribution in [0.5, 0.6) is 11.5 Å². The smallest absolute Gasteiger partial charge is 0.292 e. The molecule has 10 heteroatoms. The Bertz CT molecular complexity index is 901. The lowest BCUT2D eigenvalue weighted by Gasteiger charge is -2.34. The van der Waals surface area contributed by atoms with E-state index in [-0.39, 0.29) is 23.8 Å². The average molecular weight is 449 g/mol. The van der Waals surface area contributed by atoms with Crippen molar-refractivity contribution in [3.63, 3.8) is 0 Å². The Labute approximate surface area is 185 Å². The van der Waals surface area contributed by atoms with Crippen molar-refractivity contribution in [2.24, 2.45) is 0 Å². The average Bonchev–Trinajstić information content (AvgIpc) is 2.75. The van der Waals surface area contributed by atoms with Gasteiger partial charge in [0.25, 0.3) is 5.69 Å². The normalized spacial score (nSPS) is 14.8. The first-order chi connectivity index (χ1) is 14.9. The minimum absolute atomic E-state index is 0.108. The van der Waals surface area contributed by atoms with Crippen molar-refractivity contribution in [3.05, 3.63) is 57.6 Å². The molecule has 2 aromatic carbocycles. The number of nitro benzene ring substituents is 1. The third-order valence-electron chi connectivity index (χ3n) is 5.00. The number of rotatable bonds is 9. The van der Waals surface area contributed by atoms with Crippen LogP contribution >= 0.6 is 11.6 Å². The van der Waals surface area contributed by atoms with E-state index >= 15 is 0 Å². The van der Waals surface area contributed by atoms with E-state index in [1.165, 1.54) is 18.2 Å². The summed E-state index contributed by atoms with van der Waals surface area (Å²) in [5.74, 6) is 1.28. The zero-order chi connectivity index (χ0) is 22.2. The van der Waals surface area contributed by atoms with Crippen molar-refractivity contribution in [2.45, 2.75) is 0 Å². The first-order valence-electron chi connectivity index (χ1n) is 9.90. The van der Waals surface area contributed by atoms with Crippen molar-refractivity contribution in [2.75, 3.05) is 58.3 Å². The lowest BCUT2D eigenvalue weighted by molar-refractivity contribution is -0.383. The van der Waals surface area contributed by atoms with E-state index in [9.17, 15) is 14.9 Å². The zero-order valence-corrected chi connectivity index (χ0v) is 18.0. The number of halogens is 1. The molecule has 0 atom stereocenters. The fraction of sp³-hybridized carbons (Fsp3) is 0.381. The molecule has 1 N–H and O–H groups in total. The van der Waals surface area contributed by atoms with Crippen LogP contribution < -0.4 is 14.8 Å². The van der Waals surface area contributed by atoms with Crippen LogP contribution in [0.15, 0.2) is 42.5 Å². The Morgan fingerprint density at radius 2 is 1.74 bits per heavy atom. The van der Waals surface area contributed by atoms with Crippen LogP contribution in [-0.4, -0.2) is 73.6 Å². The van der Waals surface area contributed by atoms with Gasteiger partial charge in [0.2, 0.25) is 5.91 Å². The molecule has 1 heterocycles. The largest absolute Gasteiger partial charge is 0.497 e. The summed E-state index contributed by atoms with van der Waals surface area (Å²) in [7, 11) is 1.63. The van der Waals surface area contributed by atoms with Crippen LogP contribution in [0.25, 0.3) is 0 Å². The van der Waals surface area contributed by atoms with Crippen molar-refractivity contribution < 1.29 is 19.2 Å². The van der Waals surface area contributed by atoms with E-state index in [1.807, 2.05) is 29.2 Å². The molecule has 9 nitrogen and oxygen atoms in total. The molecule has 3 rings (SSSR count). The van der Waals surface area contributed by atoms with Gasteiger partial charge in [0.05, 0.1) is 18.6 Å². The van der Waals surface area contributed by atoms with Crippen molar-refractivity contribution in [1.82, 2.24) is 9.80 Å². The number of carbonyl (C=O) groups is 1. The molecule has 1 aliphatic rings. The molecule has 0 aliphatic carbocycles. The van der Waals surface area contributed by atoms with Gasteiger partial charge in [-0.05, 0) is 36.4 Å². The number of hydrogen-bond acceptors (Lipinski definition) is 7. The molecule has 0 saturated carbocycles. The highest BCUT2D eigenvalue weighted by molar-refractivity contribution is 6.31. The third-order valence-corrected chi connectivity index (χ3v) is 5.23. The summed E-state index contributed by atoms with van der Waals surface area (Å²) in [6, 6.07) is 11.6. The van der Waals surface area contributed by atoms with E-state index in [0.717, 1.165) is 44.2 Å². The Morgan fingerprint density at radius 1 is 1.10 bits per heavy atom. The standard InChI is InChI=1S/C21H25ClN4O5/c1-30-17-3-5-18(6-4-17)31-13-12-24-8-10-25(11-9-24)15-21(27)23-19-14-16(22)2-7-20(19)26(28)29/h2-7,14H,8-13,15H2,1H3,(H,23,27). The molecule has 0 aromatic heterocycles. The molecule has 0 bridgehead atoms. The van der Waals surface area contributed by atoms with Gasteiger partial charge in [0.1, 0.15) is 23.8 Å². The summed E-state index contributed by atoms with van der Waals surface area (Å²) in [4.78, 5) is 27.2. The SMILES string of the molecule is COc1ccc(OCCN2CCN(CC(=O)Nc3cc(Cl)ccc3[N+](=O)[O-])CC2)cc1. The summed E-state index contributed by atoms with van der Waals surface area (Å²) >= 11 is 5.90. The van der Waals surface area contributed by atoms with Crippen LogP contribution in [0.4, 0.5) is 11.4 Å². The van der Waals surface area contributed by atoms with E-state index in [1.54, 1.807) is 7.11 Å². The molecule has 0 radical (unpaired) electrons. The maximum Gasteiger partial charge on any atom is 0.292 e. The van der Waals surface area contributed by atoms with Crippen LogP contribution in [0, 0.1) is 10.1 Å². The topological polar surface area (TPSA) is 97.2 Å². The quantitative estimate of drug-likeness (QED) is 0.465. The van der Waals surface area contributed by atoms with Crippen molar-refractivity contribution in [1.29, 1.82) is 0 Å². The Hall–Kier alpha value is -2.88. The Kier molecular flexibility index (Phi) is 8.05. The fourth-order valence-corrected chi connectivity index (χ4v) is 3.47. The number of amides is 1. The van der Waals surface area contributed by atoms with Crippen LogP contribution in [0.2, 0.25) is 5.02 Å². The van der Waals surface area contributed by atoms with Gasteiger partial charge in [-0.1, -0.05) is 11.6 Å². The van der Waals surface area contributed by atoms with E-state index in [4.69, 9.17) is 21.1 Å². The minimum Gasteiger partial charge on any atom is -0.497 e. The summed E-state index contributed by atoms with van der Waals surface area (Å²) in [6.07, 6.45) is 0. The molecule has 0 spiro atoms. The summed E-state index contributed by atoms with van der Waals surface area (Å²) < 4.78 is 10.9. The number of nitrogens with zero attached hydrogens (tertiary/aromatic N) is 3. The van der Waals surface area contributed by atoms with E-state index in [2.05, 4.69) is 10.2 Å². The number of nitro groups is 1. The van der Waals surface area contributed by atoms with Gasteiger partial charge >= 0.3 is 0 Å².